The summed E-state index contributed by atoms with van der Waals surface area (Å²) in [6.45, 7) is 4.51. The highest BCUT2D eigenvalue weighted by molar-refractivity contribution is 5.93. The van der Waals surface area contributed by atoms with Gasteiger partial charge in [-0.25, -0.2) is 0 Å². The molecule has 0 bridgehead atoms. The topological polar surface area (TPSA) is 42.4 Å². The molecule has 0 radical (unpaired) electrons. The molecule has 15 heavy (non-hydrogen) atoms. The zero-order valence-electron chi connectivity index (χ0n) is 8.77. The molecule has 0 aromatic carbocycles. The van der Waals surface area contributed by atoms with Gasteiger partial charge in [-0.15, -0.1) is 0 Å². The highest BCUT2D eigenvalue weighted by atomic mass is 16.5. The van der Waals surface area contributed by atoms with Crippen molar-refractivity contribution in [1.82, 2.24) is 9.88 Å². The third kappa shape index (κ3) is 2.33. The zero-order chi connectivity index (χ0) is 10.7. The second-order valence-corrected chi connectivity index (χ2v) is 3.59. The predicted molar refractivity (Wildman–Crippen MR) is 55.7 cm³/mol. The number of morpholine rings is 1. The summed E-state index contributed by atoms with van der Waals surface area (Å²) in [4.78, 5) is 17.9. The van der Waals surface area contributed by atoms with Gasteiger partial charge in [0, 0.05) is 25.0 Å². The van der Waals surface area contributed by atoms with Crippen LogP contribution < -0.4 is 0 Å². The first-order chi connectivity index (χ1) is 7.27. The van der Waals surface area contributed by atoms with Gasteiger partial charge in [-0.2, -0.15) is 0 Å². The molecule has 2 rings (SSSR count). The molecule has 1 fully saturated rings. The maximum absolute atomic E-state index is 11.9. The van der Waals surface area contributed by atoms with Crippen molar-refractivity contribution >= 4 is 5.91 Å². The molecule has 1 aromatic rings. The molecule has 1 aromatic heterocycles. The number of carbonyl (C=O) groups is 1. The minimum atomic E-state index is 0.0470. The van der Waals surface area contributed by atoms with Crippen LogP contribution in [-0.4, -0.2) is 42.1 Å². The Hall–Kier alpha value is -1.42. The third-order valence-corrected chi connectivity index (χ3v) is 2.46. The van der Waals surface area contributed by atoms with E-state index in [4.69, 9.17) is 4.74 Å². The van der Waals surface area contributed by atoms with Crippen LogP contribution in [0.3, 0.4) is 0 Å². The minimum Gasteiger partial charge on any atom is -0.378 e. The number of aromatic nitrogens is 1. The average Bonchev–Trinajstić information content (AvgIpc) is 2.30. The SMILES string of the molecule is Cc1ccc(C(=O)N2CCOCC2)cn1. The van der Waals surface area contributed by atoms with E-state index in [0.717, 1.165) is 5.69 Å². The largest absolute Gasteiger partial charge is 0.378 e. The first-order valence-corrected chi connectivity index (χ1v) is 5.07. The van der Waals surface area contributed by atoms with Crippen LogP contribution in [0.15, 0.2) is 18.3 Å². The number of rotatable bonds is 1. The molecule has 0 N–H and O–H groups in total. The molecule has 0 aliphatic carbocycles. The molecule has 1 saturated heterocycles. The maximum atomic E-state index is 11.9. The number of amides is 1. The number of hydrogen-bond acceptors (Lipinski definition) is 3. The van der Waals surface area contributed by atoms with Gasteiger partial charge < -0.3 is 9.64 Å². The monoisotopic (exact) mass is 206 g/mol. The van der Waals surface area contributed by atoms with Gasteiger partial charge in [0.15, 0.2) is 0 Å². The van der Waals surface area contributed by atoms with Gasteiger partial charge in [0.05, 0.1) is 18.8 Å². The van der Waals surface area contributed by atoms with E-state index < -0.39 is 0 Å². The highest BCUT2D eigenvalue weighted by Crippen LogP contribution is 2.06. The van der Waals surface area contributed by atoms with Crippen LogP contribution in [0.4, 0.5) is 0 Å². The van der Waals surface area contributed by atoms with Crippen LogP contribution in [0.25, 0.3) is 0 Å². The normalized spacial score (nSPS) is 16.5. The molecule has 0 saturated carbocycles. The maximum Gasteiger partial charge on any atom is 0.255 e. The van der Waals surface area contributed by atoms with Gasteiger partial charge >= 0.3 is 0 Å². The number of hydrogen-bond donors (Lipinski definition) is 0. The van der Waals surface area contributed by atoms with E-state index in [-0.39, 0.29) is 5.91 Å². The highest BCUT2D eigenvalue weighted by Gasteiger charge is 2.18. The fourth-order valence-electron chi connectivity index (χ4n) is 1.54. The smallest absolute Gasteiger partial charge is 0.255 e. The fraction of sp³-hybridized carbons (Fsp3) is 0.455. The van der Waals surface area contributed by atoms with Gasteiger partial charge in [0.1, 0.15) is 0 Å². The van der Waals surface area contributed by atoms with E-state index in [9.17, 15) is 4.79 Å². The molecular weight excluding hydrogens is 192 g/mol. The van der Waals surface area contributed by atoms with Crippen molar-refractivity contribution in [3.05, 3.63) is 29.6 Å². The zero-order valence-corrected chi connectivity index (χ0v) is 8.77. The van der Waals surface area contributed by atoms with Crippen molar-refractivity contribution in [3.63, 3.8) is 0 Å². The van der Waals surface area contributed by atoms with Crippen molar-refractivity contribution in [2.75, 3.05) is 26.3 Å². The third-order valence-electron chi connectivity index (χ3n) is 2.46. The standard InChI is InChI=1S/C11H14N2O2/c1-9-2-3-10(8-12-9)11(14)13-4-6-15-7-5-13/h2-3,8H,4-7H2,1H3. The van der Waals surface area contributed by atoms with Crippen LogP contribution in [0.5, 0.6) is 0 Å². The summed E-state index contributed by atoms with van der Waals surface area (Å²) in [6, 6.07) is 3.67. The van der Waals surface area contributed by atoms with E-state index in [1.807, 2.05) is 19.1 Å². The molecule has 80 valence electrons. The van der Waals surface area contributed by atoms with Crippen LogP contribution in [0.1, 0.15) is 16.1 Å². The van der Waals surface area contributed by atoms with Crippen molar-refractivity contribution in [3.8, 4) is 0 Å². The minimum absolute atomic E-state index is 0.0470. The number of nitrogens with zero attached hydrogens (tertiary/aromatic N) is 2. The molecule has 1 aliphatic rings. The second-order valence-electron chi connectivity index (χ2n) is 3.59. The number of ether oxygens (including phenoxy) is 1. The van der Waals surface area contributed by atoms with Crippen LogP contribution in [-0.2, 0) is 4.74 Å². The van der Waals surface area contributed by atoms with Crippen LogP contribution in [0, 0.1) is 6.92 Å². The summed E-state index contributed by atoms with van der Waals surface area (Å²) in [5.74, 6) is 0.0470. The molecule has 0 spiro atoms. The summed E-state index contributed by atoms with van der Waals surface area (Å²) in [5.41, 5.74) is 1.58. The molecule has 0 atom stereocenters. The van der Waals surface area contributed by atoms with Gasteiger partial charge in [0.2, 0.25) is 0 Å². The van der Waals surface area contributed by atoms with Crippen molar-refractivity contribution in [2.24, 2.45) is 0 Å². The number of carbonyl (C=O) groups excluding carboxylic acids is 1. The van der Waals surface area contributed by atoms with E-state index in [1.165, 1.54) is 0 Å². The van der Waals surface area contributed by atoms with Gasteiger partial charge in [-0.05, 0) is 19.1 Å². The van der Waals surface area contributed by atoms with E-state index in [1.54, 1.807) is 11.1 Å². The Morgan fingerprint density at radius 2 is 2.13 bits per heavy atom. The van der Waals surface area contributed by atoms with Crippen LogP contribution in [0.2, 0.25) is 0 Å². The molecular formula is C11H14N2O2. The van der Waals surface area contributed by atoms with Crippen molar-refractivity contribution in [1.29, 1.82) is 0 Å². The van der Waals surface area contributed by atoms with Gasteiger partial charge in [-0.3, -0.25) is 9.78 Å². The quantitative estimate of drug-likeness (QED) is 0.684. The molecule has 2 heterocycles. The van der Waals surface area contributed by atoms with Gasteiger partial charge in [-0.1, -0.05) is 0 Å². The Morgan fingerprint density at radius 3 is 2.73 bits per heavy atom. The van der Waals surface area contributed by atoms with E-state index >= 15 is 0 Å². The Kier molecular flexibility index (Phi) is 2.97. The second kappa shape index (κ2) is 4.40. The Bertz CT molecular complexity index is 342. The molecule has 4 heteroatoms. The summed E-state index contributed by atoms with van der Waals surface area (Å²) in [5, 5.41) is 0. The summed E-state index contributed by atoms with van der Waals surface area (Å²) in [6.07, 6.45) is 1.63. The Balaban J connectivity index is 2.09. The summed E-state index contributed by atoms with van der Waals surface area (Å²) >= 11 is 0. The number of aryl methyl sites for hydroxylation is 1. The average molecular weight is 206 g/mol. The Labute approximate surface area is 88.9 Å². The molecule has 4 nitrogen and oxygen atoms in total. The number of pyridine rings is 1. The molecule has 1 amide bonds. The fourth-order valence-corrected chi connectivity index (χ4v) is 1.54. The predicted octanol–water partition coefficient (Wildman–Crippen LogP) is 0.862. The lowest BCUT2D eigenvalue weighted by atomic mass is 10.2. The molecule has 1 aliphatic heterocycles. The first kappa shape index (κ1) is 10.1. The van der Waals surface area contributed by atoms with E-state index in [2.05, 4.69) is 4.98 Å². The van der Waals surface area contributed by atoms with Crippen molar-refractivity contribution in [2.45, 2.75) is 6.92 Å². The lowest BCUT2D eigenvalue weighted by Gasteiger charge is -2.26. The van der Waals surface area contributed by atoms with Crippen LogP contribution >= 0.6 is 0 Å². The summed E-state index contributed by atoms with van der Waals surface area (Å²) < 4.78 is 5.20. The molecule has 0 unspecified atom stereocenters. The van der Waals surface area contributed by atoms with Crippen molar-refractivity contribution < 1.29 is 9.53 Å². The lowest BCUT2D eigenvalue weighted by Crippen LogP contribution is -2.40. The van der Waals surface area contributed by atoms with Gasteiger partial charge in [0.25, 0.3) is 5.91 Å². The lowest BCUT2D eigenvalue weighted by molar-refractivity contribution is 0.0302. The Morgan fingerprint density at radius 1 is 1.40 bits per heavy atom. The van der Waals surface area contributed by atoms with E-state index in [0.29, 0.717) is 31.9 Å². The summed E-state index contributed by atoms with van der Waals surface area (Å²) in [7, 11) is 0. The first-order valence-electron chi connectivity index (χ1n) is 5.07.